The Morgan fingerprint density at radius 3 is 2.55 bits per heavy atom. The van der Waals surface area contributed by atoms with Crippen LogP contribution in [0.1, 0.15) is 36.9 Å². The minimum absolute atomic E-state index is 0.113. The molecule has 0 radical (unpaired) electrons. The van der Waals surface area contributed by atoms with Gasteiger partial charge in [0.1, 0.15) is 11.6 Å². The Balaban J connectivity index is 1.22. The summed E-state index contributed by atoms with van der Waals surface area (Å²) >= 11 is 0. The predicted molar refractivity (Wildman–Crippen MR) is 121 cm³/mol. The highest BCUT2D eigenvalue weighted by Crippen LogP contribution is 2.28. The third kappa shape index (κ3) is 4.31. The fourth-order valence-electron chi connectivity index (χ4n) is 4.79. The fourth-order valence-corrected chi connectivity index (χ4v) is 4.79. The summed E-state index contributed by atoms with van der Waals surface area (Å²) in [5, 5.41) is 0. The zero-order valence-corrected chi connectivity index (χ0v) is 18.3. The molecule has 31 heavy (non-hydrogen) atoms. The van der Waals surface area contributed by atoms with Crippen LogP contribution in [0.3, 0.4) is 0 Å². The number of amides is 1. The standard InChI is InChI=1S/C24H31N5O2/c1-18-17-22(26-24(25-18)29-11-5-2-6-12-29)27-13-15-28(16-14-27)23(30)21-10-9-19-7-3-4-8-20(19)31-21/h3-4,7-8,17,21H,2,5-6,9-16H2,1H3. The van der Waals surface area contributed by atoms with Crippen LogP contribution < -0.4 is 14.5 Å². The molecule has 0 bridgehead atoms. The summed E-state index contributed by atoms with van der Waals surface area (Å²) in [7, 11) is 0. The number of anilines is 2. The number of piperidine rings is 1. The summed E-state index contributed by atoms with van der Waals surface area (Å²) in [4.78, 5) is 29.2. The Morgan fingerprint density at radius 2 is 1.74 bits per heavy atom. The number of fused-ring (bicyclic) bond motifs is 1. The van der Waals surface area contributed by atoms with E-state index in [1.165, 1.54) is 24.8 Å². The Bertz CT molecular complexity index is 935. The van der Waals surface area contributed by atoms with E-state index in [-0.39, 0.29) is 12.0 Å². The molecule has 0 aliphatic carbocycles. The maximum absolute atomic E-state index is 13.1. The van der Waals surface area contributed by atoms with Gasteiger partial charge in [0.05, 0.1) is 0 Å². The molecule has 1 aromatic heterocycles. The number of nitrogens with zero attached hydrogens (tertiary/aromatic N) is 5. The van der Waals surface area contributed by atoms with Crippen LogP contribution in [0.25, 0.3) is 0 Å². The first-order valence-electron chi connectivity index (χ1n) is 11.6. The van der Waals surface area contributed by atoms with Crippen molar-refractivity contribution >= 4 is 17.7 Å². The first-order valence-corrected chi connectivity index (χ1v) is 11.6. The second-order valence-corrected chi connectivity index (χ2v) is 8.78. The van der Waals surface area contributed by atoms with E-state index in [1.54, 1.807) is 0 Å². The van der Waals surface area contributed by atoms with Crippen LogP contribution >= 0.6 is 0 Å². The average Bonchev–Trinajstić information content (AvgIpc) is 2.83. The van der Waals surface area contributed by atoms with Crippen LogP contribution in [-0.2, 0) is 11.2 Å². The number of hydrogen-bond donors (Lipinski definition) is 0. The van der Waals surface area contributed by atoms with Crippen molar-refractivity contribution < 1.29 is 9.53 Å². The quantitative estimate of drug-likeness (QED) is 0.760. The molecule has 3 aliphatic heterocycles. The smallest absolute Gasteiger partial charge is 0.263 e. The Hall–Kier alpha value is -2.83. The molecule has 2 fully saturated rings. The maximum atomic E-state index is 13.1. The first kappa shape index (κ1) is 20.1. The molecule has 0 spiro atoms. The van der Waals surface area contributed by atoms with Crippen molar-refractivity contribution in [2.75, 3.05) is 49.1 Å². The zero-order chi connectivity index (χ0) is 21.2. The normalized spacial score (nSPS) is 21.5. The molecule has 0 saturated carbocycles. The highest BCUT2D eigenvalue weighted by molar-refractivity contribution is 5.82. The highest BCUT2D eigenvalue weighted by Gasteiger charge is 2.32. The van der Waals surface area contributed by atoms with Crippen LogP contribution in [-0.4, -0.2) is 66.1 Å². The number of aryl methyl sites for hydroxylation is 2. The minimum Gasteiger partial charge on any atom is -0.480 e. The van der Waals surface area contributed by atoms with Crippen molar-refractivity contribution in [3.63, 3.8) is 0 Å². The molecule has 1 aromatic carbocycles. The van der Waals surface area contributed by atoms with Gasteiger partial charge in [-0.05, 0) is 50.7 Å². The lowest BCUT2D eigenvalue weighted by atomic mass is 10.0. The molecule has 1 amide bonds. The van der Waals surface area contributed by atoms with Crippen LogP contribution in [0.15, 0.2) is 30.3 Å². The van der Waals surface area contributed by atoms with Crippen LogP contribution in [0.2, 0.25) is 0 Å². The molecule has 4 heterocycles. The first-order chi connectivity index (χ1) is 15.2. The number of rotatable bonds is 3. The monoisotopic (exact) mass is 421 g/mol. The molecule has 7 heteroatoms. The van der Waals surface area contributed by atoms with Gasteiger partial charge in [0.2, 0.25) is 5.95 Å². The second kappa shape index (κ2) is 8.73. The van der Waals surface area contributed by atoms with Crippen LogP contribution in [0.5, 0.6) is 5.75 Å². The number of hydrogen-bond acceptors (Lipinski definition) is 6. The summed E-state index contributed by atoms with van der Waals surface area (Å²) in [6.45, 7) is 7.07. The van der Waals surface area contributed by atoms with Gasteiger partial charge in [0, 0.05) is 51.0 Å². The molecular weight excluding hydrogens is 390 g/mol. The number of carbonyl (C=O) groups is 1. The van der Waals surface area contributed by atoms with Crippen molar-refractivity contribution in [1.82, 2.24) is 14.9 Å². The van der Waals surface area contributed by atoms with Crippen molar-refractivity contribution in [2.45, 2.75) is 45.1 Å². The predicted octanol–water partition coefficient (Wildman–Crippen LogP) is 2.82. The van der Waals surface area contributed by atoms with Gasteiger partial charge in [0.25, 0.3) is 5.91 Å². The summed E-state index contributed by atoms with van der Waals surface area (Å²) in [5.74, 6) is 2.79. The molecular formula is C24H31N5O2. The topological polar surface area (TPSA) is 61.8 Å². The lowest BCUT2D eigenvalue weighted by Gasteiger charge is -2.38. The average molecular weight is 422 g/mol. The van der Waals surface area contributed by atoms with Gasteiger partial charge in [-0.1, -0.05) is 18.2 Å². The minimum atomic E-state index is -0.367. The fraction of sp³-hybridized carbons (Fsp3) is 0.542. The Labute approximate surface area is 184 Å². The second-order valence-electron chi connectivity index (χ2n) is 8.78. The van der Waals surface area contributed by atoms with Crippen molar-refractivity contribution in [1.29, 1.82) is 0 Å². The van der Waals surface area contributed by atoms with Crippen molar-refractivity contribution in [2.24, 2.45) is 0 Å². The molecule has 164 valence electrons. The van der Waals surface area contributed by atoms with Gasteiger partial charge in [-0.15, -0.1) is 0 Å². The maximum Gasteiger partial charge on any atom is 0.263 e. The Morgan fingerprint density at radius 1 is 0.968 bits per heavy atom. The summed E-state index contributed by atoms with van der Waals surface area (Å²) < 4.78 is 6.03. The zero-order valence-electron chi connectivity index (χ0n) is 18.3. The molecule has 1 unspecified atom stereocenters. The van der Waals surface area contributed by atoms with E-state index in [4.69, 9.17) is 9.72 Å². The van der Waals surface area contributed by atoms with E-state index >= 15 is 0 Å². The molecule has 2 saturated heterocycles. The third-order valence-electron chi connectivity index (χ3n) is 6.58. The number of benzene rings is 1. The van der Waals surface area contributed by atoms with Crippen LogP contribution in [0, 0.1) is 6.92 Å². The highest BCUT2D eigenvalue weighted by atomic mass is 16.5. The third-order valence-corrected chi connectivity index (χ3v) is 6.58. The number of aromatic nitrogens is 2. The largest absolute Gasteiger partial charge is 0.480 e. The van der Waals surface area contributed by atoms with E-state index < -0.39 is 0 Å². The molecule has 2 aromatic rings. The number of carbonyl (C=O) groups excluding carboxylic acids is 1. The van der Waals surface area contributed by atoms with Gasteiger partial charge in [0.15, 0.2) is 6.10 Å². The van der Waals surface area contributed by atoms with E-state index in [0.717, 1.165) is 62.2 Å². The van der Waals surface area contributed by atoms with E-state index in [2.05, 4.69) is 26.9 Å². The summed E-state index contributed by atoms with van der Waals surface area (Å²) in [6.07, 6.45) is 4.99. The molecule has 5 rings (SSSR count). The van der Waals surface area contributed by atoms with Gasteiger partial charge < -0.3 is 19.4 Å². The molecule has 7 nitrogen and oxygen atoms in total. The lowest BCUT2D eigenvalue weighted by molar-refractivity contribution is -0.139. The van der Waals surface area contributed by atoms with E-state index in [0.29, 0.717) is 13.1 Å². The van der Waals surface area contributed by atoms with Crippen molar-refractivity contribution in [3.05, 3.63) is 41.6 Å². The number of para-hydroxylation sites is 1. The van der Waals surface area contributed by atoms with Crippen LogP contribution in [0.4, 0.5) is 11.8 Å². The van der Waals surface area contributed by atoms with Gasteiger partial charge in [-0.2, -0.15) is 4.98 Å². The molecule has 0 N–H and O–H groups in total. The van der Waals surface area contributed by atoms with E-state index in [1.807, 2.05) is 30.0 Å². The SMILES string of the molecule is Cc1cc(N2CCN(C(=O)C3CCc4ccccc4O3)CC2)nc(N2CCCCC2)n1. The lowest BCUT2D eigenvalue weighted by Crippen LogP contribution is -2.53. The van der Waals surface area contributed by atoms with E-state index in [9.17, 15) is 4.79 Å². The molecule has 1 atom stereocenters. The number of ether oxygens (including phenoxy) is 1. The van der Waals surface area contributed by atoms with Gasteiger partial charge in [-0.25, -0.2) is 4.98 Å². The Kier molecular flexibility index (Phi) is 5.66. The molecule has 3 aliphatic rings. The summed E-state index contributed by atoms with van der Waals surface area (Å²) in [5.41, 5.74) is 2.19. The van der Waals surface area contributed by atoms with Gasteiger partial charge >= 0.3 is 0 Å². The summed E-state index contributed by atoms with van der Waals surface area (Å²) in [6, 6.07) is 10.1. The van der Waals surface area contributed by atoms with Gasteiger partial charge in [-0.3, -0.25) is 4.79 Å². The number of piperazine rings is 1. The van der Waals surface area contributed by atoms with Crippen molar-refractivity contribution in [3.8, 4) is 5.75 Å².